The van der Waals surface area contributed by atoms with Crippen LogP contribution in [-0.2, 0) is 11.3 Å². The van der Waals surface area contributed by atoms with E-state index in [4.69, 9.17) is 11.6 Å². The molecule has 1 fully saturated rings. The van der Waals surface area contributed by atoms with Crippen LogP contribution in [0.25, 0.3) is 10.9 Å². The predicted molar refractivity (Wildman–Crippen MR) is 127 cm³/mol. The number of amides is 1. The number of halogens is 2. The van der Waals surface area contributed by atoms with Crippen LogP contribution in [0.1, 0.15) is 41.9 Å². The maximum absolute atomic E-state index is 13.4. The Balaban J connectivity index is 1.56. The molecular weight excluding hydrogens is 423 g/mol. The molecular formula is C27H24ClFN2O. The monoisotopic (exact) mass is 446 g/mol. The Labute approximate surface area is 191 Å². The number of carbonyl (C=O) groups excluding carboxylic acids is 1. The molecule has 1 aliphatic rings. The summed E-state index contributed by atoms with van der Waals surface area (Å²) in [5, 5.41) is 4.89. The van der Waals surface area contributed by atoms with Gasteiger partial charge < -0.3 is 9.88 Å². The molecule has 5 heteroatoms. The topological polar surface area (TPSA) is 34.0 Å². The van der Waals surface area contributed by atoms with Gasteiger partial charge in [-0.2, -0.15) is 0 Å². The molecule has 1 aliphatic carbocycles. The highest BCUT2D eigenvalue weighted by Crippen LogP contribution is 2.36. The molecule has 0 radical (unpaired) electrons. The average Bonchev–Trinajstić information content (AvgIpc) is 3.53. The number of hydrogen-bond acceptors (Lipinski definition) is 1. The molecule has 32 heavy (non-hydrogen) atoms. The lowest BCUT2D eigenvalue weighted by molar-refractivity contribution is -0.121. The van der Waals surface area contributed by atoms with Crippen molar-refractivity contribution in [2.24, 2.45) is 0 Å². The van der Waals surface area contributed by atoms with Crippen molar-refractivity contribution in [3.8, 4) is 0 Å². The van der Waals surface area contributed by atoms with Crippen molar-refractivity contribution in [1.29, 1.82) is 0 Å². The van der Waals surface area contributed by atoms with E-state index in [0.29, 0.717) is 24.0 Å². The number of nitrogens with zero attached hydrogens (tertiary/aromatic N) is 1. The first-order valence-electron chi connectivity index (χ1n) is 10.9. The van der Waals surface area contributed by atoms with Crippen LogP contribution in [0.5, 0.6) is 0 Å². The first-order valence-corrected chi connectivity index (χ1v) is 11.3. The zero-order valence-corrected chi connectivity index (χ0v) is 18.4. The van der Waals surface area contributed by atoms with Crippen LogP contribution in [-0.4, -0.2) is 16.5 Å². The van der Waals surface area contributed by atoms with Gasteiger partial charge in [-0.15, -0.1) is 0 Å². The number of nitrogens with one attached hydrogen (secondary N) is 1. The second-order valence-corrected chi connectivity index (χ2v) is 8.95. The molecule has 1 atom stereocenters. The van der Waals surface area contributed by atoms with Crippen molar-refractivity contribution in [2.45, 2.75) is 37.8 Å². The zero-order valence-electron chi connectivity index (χ0n) is 17.6. The first kappa shape index (κ1) is 20.8. The van der Waals surface area contributed by atoms with Gasteiger partial charge in [0.1, 0.15) is 5.82 Å². The molecule has 0 aliphatic heterocycles. The number of rotatable bonds is 7. The number of para-hydroxylation sites is 1. The molecule has 1 amide bonds. The molecule has 1 aromatic heterocycles. The Hall–Kier alpha value is -3.11. The van der Waals surface area contributed by atoms with Crippen LogP contribution in [0, 0.1) is 5.82 Å². The minimum absolute atomic E-state index is 0.0628. The second-order valence-electron chi connectivity index (χ2n) is 8.51. The quantitative estimate of drug-likeness (QED) is 0.356. The lowest BCUT2D eigenvalue weighted by Crippen LogP contribution is -2.27. The van der Waals surface area contributed by atoms with Crippen molar-refractivity contribution in [3.05, 3.63) is 107 Å². The number of carbonyl (C=O) groups is 1. The largest absolute Gasteiger partial charge is 0.353 e. The van der Waals surface area contributed by atoms with Gasteiger partial charge in [0.25, 0.3) is 0 Å². The Morgan fingerprint density at radius 3 is 2.59 bits per heavy atom. The summed E-state index contributed by atoms with van der Waals surface area (Å²) in [7, 11) is 0. The van der Waals surface area contributed by atoms with Crippen LogP contribution >= 0.6 is 11.6 Å². The van der Waals surface area contributed by atoms with Crippen molar-refractivity contribution < 1.29 is 9.18 Å². The summed E-state index contributed by atoms with van der Waals surface area (Å²) in [5.74, 6) is -0.297. The van der Waals surface area contributed by atoms with Gasteiger partial charge in [0.15, 0.2) is 0 Å². The minimum atomic E-state index is -0.241. The van der Waals surface area contributed by atoms with Gasteiger partial charge in [-0.25, -0.2) is 4.39 Å². The third-order valence-electron chi connectivity index (χ3n) is 6.04. The standard InChI is InChI=1S/C27H24ClFN2O/c28-20-5-3-4-19(14-20)24(15-27(32)30-22-12-13-22)25-17-31(26-7-2-1-6-23(25)26)16-18-8-10-21(29)11-9-18/h1-11,14,17,22,24H,12-13,15-16H2,(H,30,32). The van der Waals surface area contributed by atoms with Crippen LogP contribution < -0.4 is 5.32 Å². The predicted octanol–water partition coefficient (Wildman–Crippen LogP) is 6.28. The van der Waals surface area contributed by atoms with Gasteiger partial charge in [0.2, 0.25) is 5.91 Å². The number of aromatic nitrogens is 1. The maximum atomic E-state index is 13.4. The van der Waals surface area contributed by atoms with Gasteiger partial charge in [0, 0.05) is 47.0 Å². The molecule has 1 saturated carbocycles. The summed E-state index contributed by atoms with van der Waals surface area (Å²) in [5.41, 5.74) is 4.22. The Bertz CT molecular complexity index is 1260. The summed E-state index contributed by atoms with van der Waals surface area (Å²) in [6.45, 7) is 0.622. The summed E-state index contributed by atoms with van der Waals surface area (Å²) in [4.78, 5) is 12.8. The normalized spacial score (nSPS) is 14.4. The van der Waals surface area contributed by atoms with Gasteiger partial charge in [0.05, 0.1) is 0 Å². The molecule has 0 spiro atoms. The minimum Gasteiger partial charge on any atom is -0.353 e. The molecule has 1 unspecified atom stereocenters. The SMILES string of the molecule is O=C(CC(c1cccc(Cl)c1)c1cn(Cc2ccc(F)cc2)c2ccccc12)NC1CC1. The smallest absolute Gasteiger partial charge is 0.221 e. The zero-order chi connectivity index (χ0) is 22.1. The van der Waals surface area contributed by atoms with Crippen molar-refractivity contribution in [3.63, 3.8) is 0 Å². The maximum Gasteiger partial charge on any atom is 0.221 e. The van der Waals surface area contributed by atoms with Gasteiger partial charge in [-0.1, -0.05) is 54.1 Å². The Kier molecular flexibility index (Phi) is 5.71. The number of hydrogen-bond donors (Lipinski definition) is 1. The fraction of sp³-hybridized carbons (Fsp3) is 0.222. The van der Waals surface area contributed by atoms with Crippen molar-refractivity contribution >= 4 is 28.4 Å². The fourth-order valence-corrected chi connectivity index (χ4v) is 4.50. The van der Waals surface area contributed by atoms with E-state index in [1.807, 2.05) is 36.4 Å². The summed E-state index contributed by atoms with van der Waals surface area (Å²) < 4.78 is 15.5. The fourth-order valence-electron chi connectivity index (χ4n) is 4.30. The summed E-state index contributed by atoms with van der Waals surface area (Å²) in [6.07, 6.45) is 4.61. The second kappa shape index (κ2) is 8.79. The van der Waals surface area contributed by atoms with E-state index in [-0.39, 0.29) is 17.6 Å². The number of fused-ring (bicyclic) bond motifs is 1. The lowest BCUT2D eigenvalue weighted by Gasteiger charge is -2.17. The average molecular weight is 447 g/mol. The van der Waals surface area contributed by atoms with Gasteiger partial charge in [-0.05, 0) is 59.9 Å². The molecule has 3 aromatic carbocycles. The molecule has 3 nitrogen and oxygen atoms in total. The van der Waals surface area contributed by atoms with Crippen LogP contribution in [0.4, 0.5) is 4.39 Å². The third kappa shape index (κ3) is 4.56. The van der Waals surface area contributed by atoms with E-state index in [9.17, 15) is 9.18 Å². The summed E-state index contributed by atoms with van der Waals surface area (Å²) >= 11 is 6.31. The summed E-state index contributed by atoms with van der Waals surface area (Å²) in [6, 6.07) is 22.9. The van der Waals surface area contributed by atoms with E-state index >= 15 is 0 Å². The van der Waals surface area contributed by atoms with E-state index in [1.54, 1.807) is 12.1 Å². The Morgan fingerprint density at radius 1 is 1.06 bits per heavy atom. The highest BCUT2D eigenvalue weighted by atomic mass is 35.5. The molecule has 0 bridgehead atoms. The molecule has 4 aromatic rings. The first-order chi connectivity index (χ1) is 15.6. The van der Waals surface area contributed by atoms with Crippen molar-refractivity contribution in [1.82, 2.24) is 9.88 Å². The van der Waals surface area contributed by atoms with Crippen LogP contribution in [0.2, 0.25) is 5.02 Å². The van der Waals surface area contributed by atoms with Crippen LogP contribution in [0.15, 0.2) is 79.0 Å². The van der Waals surface area contributed by atoms with E-state index in [2.05, 4.69) is 28.2 Å². The van der Waals surface area contributed by atoms with Gasteiger partial charge in [-0.3, -0.25) is 4.79 Å². The van der Waals surface area contributed by atoms with Crippen molar-refractivity contribution in [2.75, 3.05) is 0 Å². The molecule has 5 rings (SSSR count). The van der Waals surface area contributed by atoms with Crippen LogP contribution in [0.3, 0.4) is 0 Å². The van der Waals surface area contributed by atoms with E-state index in [1.165, 1.54) is 12.1 Å². The number of benzene rings is 3. The molecule has 0 saturated heterocycles. The highest BCUT2D eigenvalue weighted by molar-refractivity contribution is 6.30. The molecule has 1 heterocycles. The van der Waals surface area contributed by atoms with E-state index < -0.39 is 0 Å². The van der Waals surface area contributed by atoms with E-state index in [0.717, 1.165) is 40.4 Å². The molecule has 162 valence electrons. The molecule has 1 N–H and O–H groups in total. The van der Waals surface area contributed by atoms with Gasteiger partial charge >= 0.3 is 0 Å². The lowest BCUT2D eigenvalue weighted by atomic mass is 9.88. The Morgan fingerprint density at radius 2 is 1.84 bits per heavy atom. The third-order valence-corrected chi connectivity index (χ3v) is 6.28. The highest BCUT2D eigenvalue weighted by Gasteiger charge is 2.27.